The molecule has 1 fully saturated rings. The first-order valence-electron chi connectivity index (χ1n) is 5.37. The highest BCUT2D eigenvalue weighted by Crippen LogP contribution is 2.36. The lowest BCUT2D eigenvalue weighted by Crippen LogP contribution is -2.50. The Balaban J connectivity index is 1.72. The highest BCUT2D eigenvalue weighted by molar-refractivity contribution is 8.00. The van der Waals surface area contributed by atoms with Crippen LogP contribution in [0.3, 0.4) is 0 Å². The SMILES string of the molecule is C=CCNC(=O)OCC1C=CN2C(=O)C[C@H]2S1. The lowest BCUT2D eigenvalue weighted by atomic mass is 10.2. The first-order chi connectivity index (χ1) is 8.20. The summed E-state index contributed by atoms with van der Waals surface area (Å²) < 4.78 is 5.04. The van der Waals surface area contributed by atoms with Gasteiger partial charge < -0.3 is 15.0 Å². The molecule has 2 aliphatic heterocycles. The molecule has 0 aliphatic carbocycles. The first kappa shape index (κ1) is 12.0. The Labute approximate surface area is 104 Å². The highest BCUT2D eigenvalue weighted by Gasteiger charge is 2.38. The number of nitrogens with one attached hydrogen (secondary N) is 1. The molecule has 0 radical (unpaired) electrons. The van der Waals surface area contributed by atoms with Crippen molar-refractivity contribution in [2.45, 2.75) is 17.0 Å². The minimum Gasteiger partial charge on any atom is -0.448 e. The Bertz CT molecular complexity index is 370. The molecule has 2 atom stereocenters. The van der Waals surface area contributed by atoms with Crippen LogP contribution in [0, 0.1) is 0 Å². The number of carbonyl (C=O) groups is 2. The van der Waals surface area contributed by atoms with Crippen molar-refractivity contribution in [1.29, 1.82) is 0 Å². The third kappa shape index (κ3) is 2.82. The molecule has 0 bridgehead atoms. The molecule has 2 amide bonds. The topological polar surface area (TPSA) is 58.6 Å². The van der Waals surface area contributed by atoms with E-state index in [1.807, 2.05) is 6.08 Å². The lowest BCUT2D eigenvalue weighted by Gasteiger charge is -2.41. The fourth-order valence-electron chi connectivity index (χ4n) is 1.59. The Morgan fingerprint density at radius 3 is 3.24 bits per heavy atom. The fourth-order valence-corrected chi connectivity index (χ4v) is 2.86. The molecule has 2 aliphatic rings. The third-order valence-electron chi connectivity index (χ3n) is 2.51. The molecule has 2 rings (SSSR count). The zero-order chi connectivity index (χ0) is 12.3. The van der Waals surface area contributed by atoms with Crippen molar-refractivity contribution >= 4 is 23.8 Å². The van der Waals surface area contributed by atoms with Gasteiger partial charge in [0, 0.05) is 12.7 Å². The summed E-state index contributed by atoms with van der Waals surface area (Å²) in [6, 6.07) is 0. The summed E-state index contributed by atoms with van der Waals surface area (Å²) >= 11 is 1.64. The molecule has 0 saturated carbocycles. The van der Waals surface area contributed by atoms with E-state index < -0.39 is 6.09 Å². The molecule has 5 nitrogen and oxygen atoms in total. The van der Waals surface area contributed by atoms with Gasteiger partial charge in [0.2, 0.25) is 5.91 Å². The summed E-state index contributed by atoms with van der Waals surface area (Å²) in [7, 11) is 0. The Morgan fingerprint density at radius 1 is 1.76 bits per heavy atom. The van der Waals surface area contributed by atoms with E-state index in [-0.39, 0.29) is 16.5 Å². The Morgan fingerprint density at radius 2 is 2.59 bits per heavy atom. The van der Waals surface area contributed by atoms with E-state index in [0.717, 1.165) is 0 Å². The lowest BCUT2D eigenvalue weighted by molar-refractivity contribution is -0.137. The number of ether oxygens (including phenoxy) is 1. The molecule has 2 heterocycles. The van der Waals surface area contributed by atoms with E-state index in [9.17, 15) is 9.59 Å². The standard InChI is InChI=1S/C11H14N2O3S/c1-2-4-12-11(15)16-7-8-3-5-13-9(14)6-10(13)17-8/h2-3,5,8,10H,1,4,6-7H2,(H,12,15)/t8?,10-/m1/s1. The smallest absolute Gasteiger partial charge is 0.407 e. The van der Waals surface area contributed by atoms with Crippen molar-refractivity contribution in [2.24, 2.45) is 0 Å². The van der Waals surface area contributed by atoms with Gasteiger partial charge in [-0.3, -0.25) is 4.79 Å². The summed E-state index contributed by atoms with van der Waals surface area (Å²) in [6.07, 6.45) is 5.40. The quantitative estimate of drug-likeness (QED) is 0.602. The number of alkyl carbamates (subject to hydrolysis) is 1. The Hall–Kier alpha value is -1.43. The van der Waals surface area contributed by atoms with Crippen molar-refractivity contribution in [3.05, 3.63) is 24.9 Å². The molecular weight excluding hydrogens is 240 g/mol. The molecule has 17 heavy (non-hydrogen) atoms. The molecule has 0 spiro atoms. The highest BCUT2D eigenvalue weighted by atomic mass is 32.2. The summed E-state index contributed by atoms with van der Waals surface area (Å²) in [5.74, 6) is 0.154. The molecule has 0 aromatic heterocycles. The van der Waals surface area contributed by atoms with E-state index in [1.54, 1.807) is 28.9 Å². The van der Waals surface area contributed by atoms with Crippen molar-refractivity contribution in [2.75, 3.05) is 13.2 Å². The van der Waals surface area contributed by atoms with Crippen molar-refractivity contribution < 1.29 is 14.3 Å². The second kappa shape index (κ2) is 5.27. The number of β-lactam (4-membered cyclic amide) rings is 1. The maximum atomic E-state index is 11.2. The van der Waals surface area contributed by atoms with Crippen molar-refractivity contribution in [3.8, 4) is 0 Å². The van der Waals surface area contributed by atoms with E-state index in [2.05, 4.69) is 11.9 Å². The van der Waals surface area contributed by atoms with Crippen molar-refractivity contribution in [1.82, 2.24) is 10.2 Å². The number of carbonyl (C=O) groups excluding carboxylic acids is 2. The number of thioether (sulfide) groups is 1. The molecule has 0 aromatic rings. The van der Waals surface area contributed by atoms with E-state index in [0.29, 0.717) is 19.6 Å². The van der Waals surface area contributed by atoms with Crippen molar-refractivity contribution in [3.63, 3.8) is 0 Å². The average Bonchev–Trinajstić information content (AvgIpc) is 2.32. The second-order valence-corrected chi connectivity index (χ2v) is 5.17. The third-order valence-corrected chi connectivity index (χ3v) is 3.86. The minimum atomic E-state index is -0.439. The normalized spacial score (nSPS) is 25.9. The molecule has 1 N–H and O–H groups in total. The molecule has 1 unspecified atom stereocenters. The first-order valence-corrected chi connectivity index (χ1v) is 6.31. The fraction of sp³-hybridized carbons (Fsp3) is 0.455. The van der Waals surface area contributed by atoms with E-state index >= 15 is 0 Å². The summed E-state index contributed by atoms with van der Waals surface area (Å²) in [4.78, 5) is 24.0. The average molecular weight is 254 g/mol. The van der Waals surface area contributed by atoms with Crippen LogP contribution < -0.4 is 5.32 Å². The van der Waals surface area contributed by atoms with Gasteiger partial charge in [0.1, 0.15) is 6.61 Å². The van der Waals surface area contributed by atoms with Gasteiger partial charge in [-0.25, -0.2) is 4.79 Å². The van der Waals surface area contributed by atoms with Crippen LogP contribution in [-0.4, -0.2) is 40.7 Å². The van der Waals surface area contributed by atoms with Gasteiger partial charge >= 0.3 is 6.09 Å². The number of nitrogens with zero attached hydrogens (tertiary/aromatic N) is 1. The van der Waals surface area contributed by atoms with Gasteiger partial charge in [0.05, 0.1) is 17.0 Å². The Kier molecular flexibility index (Phi) is 3.73. The monoisotopic (exact) mass is 254 g/mol. The zero-order valence-corrected chi connectivity index (χ0v) is 10.1. The molecule has 6 heteroatoms. The molecular formula is C11H14N2O3S. The van der Waals surface area contributed by atoms with Crippen LogP contribution in [0.15, 0.2) is 24.9 Å². The largest absolute Gasteiger partial charge is 0.448 e. The van der Waals surface area contributed by atoms with Crippen LogP contribution in [0.2, 0.25) is 0 Å². The van der Waals surface area contributed by atoms with Gasteiger partial charge in [-0.1, -0.05) is 12.2 Å². The van der Waals surface area contributed by atoms with Crippen LogP contribution in [0.25, 0.3) is 0 Å². The van der Waals surface area contributed by atoms with Gasteiger partial charge in [0.15, 0.2) is 0 Å². The van der Waals surface area contributed by atoms with Crippen LogP contribution in [-0.2, 0) is 9.53 Å². The van der Waals surface area contributed by atoms with Gasteiger partial charge in [-0.05, 0) is 0 Å². The second-order valence-electron chi connectivity index (χ2n) is 3.74. The predicted molar refractivity (Wildman–Crippen MR) is 65.3 cm³/mol. The van der Waals surface area contributed by atoms with E-state index in [4.69, 9.17) is 4.74 Å². The van der Waals surface area contributed by atoms with Crippen LogP contribution in [0.4, 0.5) is 4.79 Å². The maximum Gasteiger partial charge on any atom is 0.407 e. The number of hydrogen-bond donors (Lipinski definition) is 1. The van der Waals surface area contributed by atoms with Gasteiger partial charge in [-0.2, -0.15) is 0 Å². The predicted octanol–water partition coefficient (Wildman–Crippen LogP) is 1.09. The summed E-state index contributed by atoms with van der Waals surface area (Å²) in [5, 5.41) is 2.88. The number of amides is 2. The summed E-state index contributed by atoms with van der Waals surface area (Å²) in [6.45, 7) is 4.21. The number of hydrogen-bond acceptors (Lipinski definition) is 4. The van der Waals surface area contributed by atoms with Gasteiger partial charge in [0.25, 0.3) is 0 Å². The zero-order valence-electron chi connectivity index (χ0n) is 9.30. The van der Waals surface area contributed by atoms with Gasteiger partial charge in [-0.15, -0.1) is 18.3 Å². The maximum absolute atomic E-state index is 11.2. The summed E-state index contributed by atoms with van der Waals surface area (Å²) in [5.41, 5.74) is 0. The van der Waals surface area contributed by atoms with E-state index in [1.165, 1.54) is 0 Å². The molecule has 92 valence electrons. The molecule has 0 aromatic carbocycles. The van der Waals surface area contributed by atoms with Crippen LogP contribution in [0.5, 0.6) is 0 Å². The van der Waals surface area contributed by atoms with Crippen LogP contribution in [0.1, 0.15) is 6.42 Å². The minimum absolute atomic E-state index is 0.124. The number of rotatable bonds is 4. The number of fused-ring (bicyclic) bond motifs is 1. The molecule has 1 saturated heterocycles. The van der Waals surface area contributed by atoms with Crippen LogP contribution >= 0.6 is 11.8 Å².